The third-order valence-corrected chi connectivity index (χ3v) is 3.67. The van der Waals surface area contributed by atoms with E-state index in [2.05, 4.69) is 11.6 Å². The highest BCUT2D eigenvalue weighted by molar-refractivity contribution is 8.02. The molecule has 2 N–H and O–H groups in total. The van der Waals surface area contributed by atoms with Crippen LogP contribution in [0.15, 0.2) is 59.3 Å². The van der Waals surface area contributed by atoms with E-state index in [1.807, 2.05) is 29.2 Å². The Morgan fingerprint density at radius 2 is 2.23 bits per heavy atom. The summed E-state index contributed by atoms with van der Waals surface area (Å²) < 4.78 is 6.67. The first-order valence-electron chi connectivity index (χ1n) is 6.51. The van der Waals surface area contributed by atoms with Crippen LogP contribution in [-0.2, 0) is 4.74 Å². The molecule has 2 rings (SSSR count). The largest absolute Gasteiger partial charge is 0.465 e. The van der Waals surface area contributed by atoms with Crippen molar-refractivity contribution < 1.29 is 9.53 Å². The van der Waals surface area contributed by atoms with Gasteiger partial charge in [-0.2, -0.15) is 0 Å². The number of aliphatic imine (C=N–C) groups is 1. The molecule has 0 saturated heterocycles. The van der Waals surface area contributed by atoms with Crippen molar-refractivity contribution in [1.82, 2.24) is 4.57 Å². The fourth-order valence-corrected chi connectivity index (χ4v) is 2.27. The number of aromatic nitrogens is 1. The lowest BCUT2D eigenvalue weighted by Gasteiger charge is -2.07. The van der Waals surface area contributed by atoms with E-state index in [-0.39, 0.29) is 5.97 Å². The van der Waals surface area contributed by atoms with E-state index >= 15 is 0 Å². The molecule has 0 spiro atoms. The lowest BCUT2D eigenvalue weighted by molar-refractivity contribution is 0.0603. The zero-order valence-corrected chi connectivity index (χ0v) is 13.3. The van der Waals surface area contributed by atoms with Gasteiger partial charge in [0, 0.05) is 11.6 Å². The summed E-state index contributed by atoms with van der Waals surface area (Å²) >= 11 is 1.45. The molecule has 1 heterocycles. The minimum Gasteiger partial charge on any atom is -0.465 e. The van der Waals surface area contributed by atoms with Crippen LogP contribution in [0.25, 0.3) is 10.9 Å². The molecule has 22 heavy (non-hydrogen) atoms. The summed E-state index contributed by atoms with van der Waals surface area (Å²) in [5.41, 5.74) is 6.86. The van der Waals surface area contributed by atoms with Crippen LogP contribution >= 0.6 is 11.8 Å². The lowest BCUT2D eigenvalue weighted by atomic mass is 10.1. The average molecular weight is 315 g/mol. The van der Waals surface area contributed by atoms with Crippen LogP contribution < -0.4 is 5.73 Å². The quantitative estimate of drug-likeness (QED) is 0.535. The number of nitrogens with zero attached hydrogens (tertiary/aromatic N) is 2. The molecule has 0 amide bonds. The van der Waals surface area contributed by atoms with Gasteiger partial charge in [0.1, 0.15) is 5.84 Å². The molecule has 114 valence electrons. The number of esters is 1. The third kappa shape index (κ3) is 3.07. The van der Waals surface area contributed by atoms with Gasteiger partial charge in [-0.15, -0.1) is 11.8 Å². The van der Waals surface area contributed by atoms with Crippen LogP contribution in [0.1, 0.15) is 10.4 Å². The van der Waals surface area contributed by atoms with Gasteiger partial charge in [0.25, 0.3) is 0 Å². The van der Waals surface area contributed by atoms with E-state index in [1.54, 1.807) is 18.2 Å². The molecule has 1 aromatic heterocycles. The Balaban J connectivity index is 2.63. The number of benzene rings is 1. The number of hydrogen-bond donors (Lipinski definition) is 1. The van der Waals surface area contributed by atoms with Crippen molar-refractivity contribution >= 4 is 34.5 Å². The molecular formula is C16H17N3O2S. The zero-order valence-electron chi connectivity index (χ0n) is 12.4. The summed E-state index contributed by atoms with van der Waals surface area (Å²) in [5.74, 6) is 0.253. The highest BCUT2D eigenvalue weighted by Crippen LogP contribution is 2.22. The Labute approximate surface area is 133 Å². The van der Waals surface area contributed by atoms with Gasteiger partial charge >= 0.3 is 5.97 Å². The van der Waals surface area contributed by atoms with Crippen molar-refractivity contribution in [3.63, 3.8) is 0 Å². The van der Waals surface area contributed by atoms with E-state index in [4.69, 9.17) is 10.5 Å². The SMILES string of the molecule is C=C(/N=C(\C=C/N)n1ccc2c(C(=O)OC)cccc21)SC. The Bertz CT molecular complexity index is 775. The van der Waals surface area contributed by atoms with Crippen LogP contribution in [0.4, 0.5) is 0 Å². The van der Waals surface area contributed by atoms with E-state index in [0.29, 0.717) is 16.4 Å². The monoisotopic (exact) mass is 315 g/mol. The molecule has 0 aliphatic carbocycles. The molecule has 0 unspecified atom stereocenters. The Kier molecular flexibility index (Phi) is 5.06. The topological polar surface area (TPSA) is 69.6 Å². The average Bonchev–Trinajstić information content (AvgIpc) is 2.97. The van der Waals surface area contributed by atoms with Gasteiger partial charge in [0.05, 0.1) is 23.2 Å². The maximum absolute atomic E-state index is 11.8. The van der Waals surface area contributed by atoms with Crippen LogP contribution in [-0.4, -0.2) is 29.7 Å². The molecule has 0 saturated carbocycles. The van der Waals surface area contributed by atoms with Gasteiger partial charge < -0.3 is 15.0 Å². The predicted molar refractivity (Wildman–Crippen MR) is 92.1 cm³/mol. The number of nitrogens with two attached hydrogens (primary N) is 1. The maximum Gasteiger partial charge on any atom is 0.338 e. The molecule has 6 heteroatoms. The van der Waals surface area contributed by atoms with Crippen molar-refractivity contribution in [2.75, 3.05) is 13.4 Å². The van der Waals surface area contributed by atoms with Gasteiger partial charge in [-0.25, -0.2) is 9.79 Å². The smallest absolute Gasteiger partial charge is 0.338 e. The van der Waals surface area contributed by atoms with Crippen molar-refractivity contribution in [3.8, 4) is 0 Å². The van der Waals surface area contributed by atoms with Gasteiger partial charge in [-0.05, 0) is 36.7 Å². The van der Waals surface area contributed by atoms with Crippen LogP contribution in [0.5, 0.6) is 0 Å². The first-order chi connectivity index (χ1) is 10.6. The Hall–Kier alpha value is -2.47. The van der Waals surface area contributed by atoms with Gasteiger partial charge in [0.15, 0.2) is 0 Å². The standard InChI is InChI=1S/C16H17N3O2S/c1-11(22-3)18-15(7-9-17)19-10-8-12-13(16(20)21-2)5-4-6-14(12)19/h4-10H,1,17H2,2-3H3/b9-7-,18-15+. The van der Waals surface area contributed by atoms with Crippen molar-refractivity contribution in [1.29, 1.82) is 0 Å². The van der Waals surface area contributed by atoms with Crippen molar-refractivity contribution in [2.24, 2.45) is 10.7 Å². The minimum atomic E-state index is -0.371. The number of fused-ring (bicyclic) bond motifs is 1. The Morgan fingerprint density at radius 3 is 2.86 bits per heavy atom. The number of hydrogen-bond acceptors (Lipinski definition) is 5. The van der Waals surface area contributed by atoms with Crippen LogP contribution in [0.3, 0.4) is 0 Å². The predicted octanol–water partition coefficient (Wildman–Crippen LogP) is 2.98. The van der Waals surface area contributed by atoms with Crippen molar-refractivity contribution in [2.45, 2.75) is 0 Å². The summed E-state index contributed by atoms with van der Waals surface area (Å²) in [6.45, 7) is 3.86. The molecule has 0 bridgehead atoms. The number of ether oxygens (including phenoxy) is 1. The van der Waals surface area contributed by atoms with E-state index in [9.17, 15) is 4.79 Å². The molecule has 2 aromatic rings. The second-order valence-corrected chi connectivity index (χ2v) is 5.22. The first-order valence-corrected chi connectivity index (χ1v) is 7.73. The van der Waals surface area contributed by atoms with E-state index < -0.39 is 0 Å². The fraction of sp³-hybridized carbons (Fsp3) is 0.125. The maximum atomic E-state index is 11.8. The lowest BCUT2D eigenvalue weighted by Crippen LogP contribution is -2.09. The van der Waals surface area contributed by atoms with Crippen molar-refractivity contribution in [3.05, 3.63) is 59.9 Å². The normalized spacial score (nSPS) is 12.0. The summed E-state index contributed by atoms with van der Waals surface area (Å²) in [6.07, 6.45) is 6.84. The second kappa shape index (κ2) is 7.00. The molecule has 5 nitrogen and oxygen atoms in total. The number of methoxy groups -OCH3 is 1. The number of thioether (sulfide) groups is 1. The Morgan fingerprint density at radius 1 is 1.45 bits per heavy atom. The first kappa shape index (κ1) is 15.9. The molecule has 0 aliphatic rings. The van der Waals surface area contributed by atoms with Gasteiger partial charge in [-0.3, -0.25) is 0 Å². The zero-order chi connectivity index (χ0) is 16.1. The summed E-state index contributed by atoms with van der Waals surface area (Å²) in [5, 5.41) is 1.46. The number of allylic oxidation sites excluding steroid dienone is 1. The van der Waals surface area contributed by atoms with Gasteiger partial charge in [0.2, 0.25) is 0 Å². The molecule has 0 aliphatic heterocycles. The highest BCUT2D eigenvalue weighted by atomic mass is 32.2. The van der Waals surface area contributed by atoms with E-state index in [1.165, 1.54) is 25.1 Å². The number of carbonyl (C=O) groups is 1. The summed E-state index contributed by atoms with van der Waals surface area (Å²) in [7, 11) is 1.37. The second-order valence-electron chi connectivity index (χ2n) is 4.34. The summed E-state index contributed by atoms with van der Waals surface area (Å²) in [4.78, 5) is 16.3. The molecule has 0 radical (unpaired) electrons. The fourth-order valence-electron chi connectivity index (χ4n) is 2.09. The molecule has 0 atom stereocenters. The molecular weight excluding hydrogens is 298 g/mol. The van der Waals surface area contributed by atoms with E-state index in [0.717, 1.165) is 10.9 Å². The minimum absolute atomic E-state index is 0.371. The van der Waals surface area contributed by atoms with Crippen LogP contribution in [0, 0.1) is 0 Å². The molecule has 0 fully saturated rings. The number of rotatable bonds is 4. The third-order valence-electron chi connectivity index (χ3n) is 3.11. The molecule has 1 aromatic carbocycles. The number of carbonyl (C=O) groups excluding carboxylic acids is 1. The van der Waals surface area contributed by atoms with Crippen LogP contribution in [0.2, 0.25) is 0 Å². The summed E-state index contributed by atoms with van der Waals surface area (Å²) in [6, 6.07) is 7.29. The van der Waals surface area contributed by atoms with Gasteiger partial charge in [-0.1, -0.05) is 12.6 Å². The highest BCUT2D eigenvalue weighted by Gasteiger charge is 2.13.